The van der Waals surface area contributed by atoms with Crippen molar-refractivity contribution >= 4 is 17.7 Å². The van der Waals surface area contributed by atoms with Crippen LogP contribution in [0.4, 0.5) is 0 Å². The van der Waals surface area contributed by atoms with E-state index in [9.17, 15) is 4.79 Å². The van der Waals surface area contributed by atoms with E-state index < -0.39 is 0 Å². The molecule has 0 unspecified atom stereocenters. The van der Waals surface area contributed by atoms with Gasteiger partial charge in [0.05, 0.1) is 18.0 Å². The standard InChI is InChI=1S/C20H21N5O3S/c1-14-7-9-15(10-8-14)25-20(21-22-23-25)29-13-19(26)24(2)11-16-12-27-17-5-3-4-6-18(17)28-16/h3-10,16H,11-13H2,1-2H3/t16-/m1/s1. The molecule has 150 valence electrons. The van der Waals surface area contributed by atoms with Gasteiger partial charge in [-0.15, -0.1) is 5.10 Å². The minimum absolute atomic E-state index is 0.0316. The first-order valence-electron chi connectivity index (χ1n) is 9.21. The predicted molar refractivity (Wildman–Crippen MR) is 109 cm³/mol. The van der Waals surface area contributed by atoms with E-state index in [1.165, 1.54) is 11.8 Å². The van der Waals surface area contributed by atoms with Crippen molar-refractivity contribution in [1.29, 1.82) is 0 Å². The zero-order valence-corrected chi connectivity index (χ0v) is 17.0. The molecule has 0 N–H and O–H groups in total. The number of carbonyl (C=O) groups is 1. The average molecular weight is 411 g/mol. The van der Waals surface area contributed by atoms with Gasteiger partial charge in [-0.05, 0) is 41.6 Å². The molecule has 2 heterocycles. The smallest absolute Gasteiger partial charge is 0.232 e. The van der Waals surface area contributed by atoms with E-state index in [-0.39, 0.29) is 17.8 Å². The number of aryl methyl sites for hydroxylation is 1. The molecule has 0 aliphatic carbocycles. The fourth-order valence-corrected chi connectivity index (χ4v) is 3.75. The third-order valence-electron chi connectivity index (χ3n) is 4.51. The Morgan fingerprint density at radius 1 is 1.21 bits per heavy atom. The normalized spacial score (nSPS) is 15.2. The lowest BCUT2D eigenvalue weighted by Crippen LogP contribution is -2.42. The van der Waals surface area contributed by atoms with Gasteiger partial charge >= 0.3 is 0 Å². The highest BCUT2D eigenvalue weighted by Gasteiger charge is 2.24. The second kappa shape index (κ2) is 8.52. The fraction of sp³-hybridized carbons (Fsp3) is 0.300. The second-order valence-corrected chi connectivity index (χ2v) is 7.71. The Hall–Kier alpha value is -3.07. The maximum Gasteiger partial charge on any atom is 0.232 e. The van der Waals surface area contributed by atoms with E-state index in [0.29, 0.717) is 24.1 Å². The quantitative estimate of drug-likeness (QED) is 0.576. The van der Waals surface area contributed by atoms with Crippen LogP contribution in [-0.2, 0) is 4.79 Å². The van der Waals surface area contributed by atoms with Crippen LogP contribution in [-0.4, -0.2) is 63.1 Å². The number of benzene rings is 2. The monoisotopic (exact) mass is 411 g/mol. The van der Waals surface area contributed by atoms with Gasteiger partial charge in [-0.25, -0.2) is 0 Å². The molecular formula is C20H21N5O3S. The van der Waals surface area contributed by atoms with Crippen molar-refractivity contribution < 1.29 is 14.3 Å². The molecule has 4 rings (SSSR count). The number of rotatable bonds is 6. The van der Waals surface area contributed by atoms with Gasteiger partial charge in [-0.3, -0.25) is 4.79 Å². The first kappa shape index (κ1) is 19.3. The van der Waals surface area contributed by atoms with Crippen molar-refractivity contribution in [1.82, 2.24) is 25.1 Å². The highest BCUT2D eigenvalue weighted by molar-refractivity contribution is 7.99. The van der Waals surface area contributed by atoms with Gasteiger partial charge in [0.15, 0.2) is 17.6 Å². The number of amides is 1. The number of tetrazole rings is 1. The number of likely N-dealkylation sites (N-methyl/N-ethyl adjacent to an activating group) is 1. The Bertz CT molecular complexity index is 992. The first-order valence-corrected chi connectivity index (χ1v) is 10.2. The Morgan fingerprint density at radius 3 is 2.76 bits per heavy atom. The SMILES string of the molecule is Cc1ccc(-n2nnnc2SCC(=O)N(C)C[C@@H]2COc3ccccc3O2)cc1. The molecule has 3 aromatic rings. The van der Waals surface area contributed by atoms with Crippen LogP contribution in [0.2, 0.25) is 0 Å². The van der Waals surface area contributed by atoms with E-state index in [1.807, 2.05) is 55.5 Å². The molecule has 29 heavy (non-hydrogen) atoms. The molecule has 0 saturated carbocycles. The van der Waals surface area contributed by atoms with Gasteiger partial charge in [-0.2, -0.15) is 4.68 Å². The van der Waals surface area contributed by atoms with Crippen molar-refractivity contribution in [3.8, 4) is 17.2 Å². The largest absolute Gasteiger partial charge is 0.486 e. The molecule has 0 radical (unpaired) electrons. The maximum atomic E-state index is 12.6. The van der Waals surface area contributed by atoms with Gasteiger partial charge in [0.1, 0.15) is 6.61 Å². The number of hydrogen-bond acceptors (Lipinski definition) is 7. The van der Waals surface area contributed by atoms with Crippen LogP contribution < -0.4 is 9.47 Å². The number of hydrogen-bond donors (Lipinski definition) is 0. The van der Waals surface area contributed by atoms with Gasteiger partial charge in [-0.1, -0.05) is 41.6 Å². The summed E-state index contributed by atoms with van der Waals surface area (Å²) in [6.45, 7) is 2.87. The third kappa shape index (κ3) is 4.51. The van der Waals surface area contributed by atoms with Crippen molar-refractivity contribution in [3.05, 3.63) is 54.1 Å². The van der Waals surface area contributed by atoms with E-state index in [0.717, 1.165) is 17.0 Å². The number of ether oxygens (including phenoxy) is 2. The zero-order chi connectivity index (χ0) is 20.2. The van der Waals surface area contributed by atoms with Crippen LogP contribution in [0, 0.1) is 6.92 Å². The van der Waals surface area contributed by atoms with Gasteiger partial charge in [0.25, 0.3) is 0 Å². The highest BCUT2D eigenvalue weighted by atomic mass is 32.2. The maximum absolute atomic E-state index is 12.6. The van der Waals surface area contributed by atoms with Crippen molar-refractivity contribution in [2.45, 2.75) is 18.2 Å². The van der Waals surface area contributed by atoms with E-state index in [2.05, 4.69) is 15.5 Å². The van der Waals surface area contributed by atoms with Gasteiger partial charge in [0.2, 0.25) is 11.1 Å². The molecule has 1 aliphatic rings. The molecule has 0 saturated heterocycles. The summed E-state index contributed by atoms with van der Waals surface area (Å²) in [6.07, 6.45) is -0.207. The number of thioether (sulfide) groups is 1. The number of aromatic nitrogens is 4. The molecule has 1 aliphatic heterocycles. The molecule has 0 bridgehead atoms. The fourth-order valence-electron chi connectivity index (χ4n) is 2.91. The Labute approximate surface area is 172 Å². The number of nitrogens with zero attached hydrogens (tertiary/aromatic N) is 5. The van der Waals surface area contributed by atoms with Crippen LogP contribution in [0.1, 0.15) is 5.56 Å². The summed E-state index contributed by atoms with van der Waals surface area (Å²) in [5, 5.41) is 12.4. The molecule has 0 spiro atoms. The molecule has 1 aromatic heterocycles. The van der Waals surface area contributed by atoms with Crippen LogP contribution in [0.25, 0.3) is 5.69 Å². The van der Waals surface area contributed by atoms with Crippen molar-refractivity contribution in [2.75, 3.05) is 26.0 Å². The summed E-state index contributed by atoms with van der Waals surface area (Å²) >= 11 is 1.30. The van der Waals surface area contributed by atoms with Crippen molar-refractivity contribution in [2.24, 2.45) is 0 Å². The van der Waals surface area contributed by atoms with E-state index >= 15 is 0 Å². The van der Waals surface area contributed by atoms with Crippen LogP contribution in [0.3, 0.4) is 0 Å². The lowest BCUT2D eigenvalue weighted by Gasteiger charge is -2.29. The Morgan fingerprint density at radius 2 is 1.97 bits per heavy atom. The Balaban J connectivity index is 1.32. The van der Waals surface area contributed by atoms with E-state index in [4.69, 9.17) is 9.47 Å². The summed E-state index contributed by atoms with van der Waals surface area (Å²) in [6, 6.07) is 15.4. The number of carbonyl (C=O) groups excluding carboxylic acids is 1. The molecule has 9 heteroatoms. The lowest BCUT2D eigenvalue weighted by molar-refractivity contribution is -0.128. The minimum atomic E-state index is -0.207. The molecular weight excluding hydrogens is 390 g/mol. The predicted octanol–water partition coefficient (Wildman–Crippen LogP) is 2.36. The zero-order valence-electron chi connectivity index (χ0n) is 16.2. The van der Waals surface area contributed by atoms with Gasteiger partial charge < -0.3 is 14.4 Å². The minimum Gasteiger partial charge on any atom is -0.486 e. The molecule has 2 aromatic carbocycles. The Kier molecular flexibility index (Phi) is 5.66. The van der Waals surface area contributed by atoms with E-state index in [1.54, 1.807) is 16.6 Å². The van der Waals surface area contributed by atoms with Crippen molar-refractivity contribution in [3.63, 3.8) is 0 Å². The second-order valence-electron chi connectivity index (χ2n) is 6.77. The summed E-state index contributed by atoms with van der Waals surface area (Å²) in [5.41, 5.74) is 2.01. The molecule has 1 amide bonds. The van der Waals surface area contributed by atoms with Crippen LogP contribution in [0.5, 0.6) is 11.5 Å². The summed E-state index contributed by atoms with van der Waals surface area (Å²) < 4.78 is 13.3. The third-order valence-corrected chi connectivity index (χ3v) is 5.42. The molecule has 1 atom stereocenters. The number of fused-ring (bicyclic) bond motifs is 1. The molecule has 0 fully saturated rings. The lowest BCUT2D eigenvalue weighted by atomic mass is 10.2. The average Bonchev–Trinajstić information content (AvgIpc) is 3.21. The first-order chi connectivity index (χ1) is 14.1. The topological polar surface area (TPSA) is 82.4 Å². The number of para-hydroxylation sites is 2. The molecule has 8 nitrogen and oxygen atoms in total. The summed E-state index contributed by atoms with van der Waals surface area (Å²) in [7, 11) is 1.76. The summed E-state index contributed by atoms with van der Waals surface area (Å²) in [4.78, 5) is 14.2. The highest BCUT2D eigenvalue weighted by Crippen LogP contribution is 2.31. The van der Waals surface area contributed by atoms with Crippen LogP contribution >= 0.6 is 11.8 Å². The van der Waals surface area contributed by atoms with Gasteiger partial charge in [0, 0.05) is 7.05 Å². The summed E-state index contributed by atoms with van der Waals surface area (Å²) in [5.74, 6) is 1.63. The van der Waals surface area contributed by atoms with Crippen LogP contribution in [0.15, 0.2) is 53.7 Å².